The first-order chi connectivity index (χ1) is 8.20. The zero-order valence-corrected chi connectivity index (χ0v) is 10.4. The molecule has 2 N–H and O–H groups in total. The van der Waals surface area contributed by atoms with Crippen molar-refractivity contribution in [1.29, 1.82) is 0 Å². The number of halogens is 1. The summed E-state index contributed by atoms with van der Waals surface area (Å²) in [6, 6.07) is 7.21. The van der Waals surface area contributed by atoms with Gasteiger partial charge >= 0.3 is 0 Å². The van der Waals surface area contributed by atoms with E-state index in [1.165, 1.54) is 25.3 Å². The molecule has 0 aromatic heterocycles. The summed E-state index contributed by atoms with van der Waals surface area (Å²) in [5.74, 6) is -0.202. The van der Waals surface area contributed by atoms with Gasteiger partial charge in [0.1, 0.15) is 5.82 Å². The molecule has 2 unspecified atom stereocenters. The molecule has 0 spiro atoms. The summed E-state index contributed by atoms with van der Waals surface area (Å²) < 4.78 is 13.1. The summed E-state index contributed by atoms with van der Waals surface area (Å²) in [6.07, 6.45) is 3.70. The topological polar surface area (TPSA) is 29.3 Å². The van der Waals surface area contributed by atoms with Gasteiger partial charge in [0.05, 0.1) is 0 Å². The molecular formula is C14H21FN2. The summed E-state index contributed by atoms with van der Waals surface area (Å²) in [5, 5.41) is 0. The number of nitrogens with zero attached hydrogens (tertiary/aromatic N) is 1. The molecule has 1 heterocycles. The van der Waals surface area contributed by atoms with Crippen molar-refractivity contribution in [2.24, 2.45) is 5.73 Å². The van der Waals surface area contributed by atoms with Crippen molar-refractivity contribution in [1.82, 2.24) is 4.90 Å². The highest BCUT2D eigenvalue weighted by Crippen LogP contribution is 2.22. The summed E-state index contributed by atoms with van der Waals surface area (Å²) in [5.41, 5.74) is 7.05. The average Bonchev–Trinajstić information content (AvgIpc) is 2.76. The van der Waals surface area contributed by atoms with Gasteiger partial charge in [-0.3, -0.25) is 4.90 Å². The van der Waals surface area contributed by atoms with E-state index in [9.17, 15) is 4.39 Å². The van der Waals surface area contributed by atoms with Gasteiger partial charge in [0.15, 0.2) is 0 Å². The molecule has 1 saturated heterocycles. The lowest BCUT2D eigenvalue weighted by Crippen LogP contribution is -2.35. The maximum atomic E-state index is 13.1. The minimum Gasteiger partial charge on any atom is -0.323 e. The Morgan fingerprint density at radius 3 is 3.06 bits per heavy atom. The van der Waals surface area contributed by atoms with Crippen molar-refractivity contribution in [3.8, 4) is 0 Å². The predicted octanol–water partition coefficient (Wildman–Crippen LogP) is 2.70. The molecular weight excluding hydrogens is 215 g/mol. The monoisotopic (exact) mass is 236 g/mol. The SMILES string of the molecule is CCC1CCCN1CC(N)c1cccc(F)c1. The number of nitrogens with two attached hydrogens (primary N) is 1. The van der Waals surface area contributed by atoms with Crippen LogP contribution in [0.15, 0.2) is 24.3 Å². The van der Waals surface area contributed by atoms with Crippen molar-refractivity contribution in [3.63, 3.8) is 0 Å². The Hall–Kier alpha value is -0.930. The number of rotatable bonds is 4. The maximum Gasteiger partial charge on any atom is 0.123 e. The molecule has 1 aliphatic rings. The highest BCUT2D eigenvalue weighted by Gasteiger charge is 2.24. The van der Waals surface area contributed by atoms with E-state index in [1.54, 1.807) is 12.1 Å². The van der Waals surface area contributed by atoms with E-state index in [1.807, 2.05) is 6.07 Å². The quantitative estimate of drug-likeness (QED) is 0.871. The average molecular weight is 236 g/mol. The van der Waals surface area contributed by atoms with Crippen LogP contribution in [0.2, 0.25) is 0 Å². The van der Waals surface area contributed by atoms with Crippen LogP contribution in [0.25, 0.3) is 0 Å². The molecule has 0 saturated carbocycles. The minimum absolute atomic E-state index is 0.0853. The molecule has 1 aliphatic heterocycles. The second-order valence-electron chi connectivity index (χ2n) is 4.86. The van der Waals surface area contributed by atoms with Crippen LogP contribution in [0.5, 0.6) is 0 Å². The zero-order chi connectivity index (χ0) is 12.3. The highest BCUT2D eigenvalue weighted by molar-refractivity contribution is 5.20. The summed E-state index contributed by atoms with van der Waals surface area (Å²) >= 11 is 0. The van der Waals surface area contributed by atoms with Gasteiger partial charge < -0.3 is 5.73 Å². The first-order valence-electron chi connectivity index (χ1n) is 6.45. The summed E-state index contributed by atoms with van der Waals surface area (Å²) in [4.78, 5) is 2.44. The van der Waals surface area contributed by atoms with Gasteiger partial charge in [0.2, 0.25) is 0 Å². The molecule has 17 heavy (non-hydrogen) atoms. The van der Waals surface area contributed by atoms with E-state index in [4.69, 9.17) is 5.73 Å². The van der Waals surface area contributed by atoms with Gasteiger partial charge in [-0.25, -0.2) is 4.39 Å². The largest absolute Gasteiger partial charge is 0.323 e. The molecule has 0 radical (unpaired) electrons. The van der Waals surface area contributed by atoms with Crippen LogP contribution in [-0.4, -0.2) is 24.0 Å². The van der Waals surface area contributed by atoms with E-state index >= 15 is 0 Å². The molecule has 0 bridgehead atoms. The predicted molar refractivity (Wildman–Crippen MR) is 68.2 cm³/mol. The second-order valence-corrected chi connectivity index (χ2v) is 4.86. The van der Waals surface area contributed by atoms with Gasteiger partial charge in [-0.1, -0.05) is 19.1 Å². The van der Waals surface area contributed by atoms with Crippen molar-refractivity contribution < 1.29 is 4.39 Å². The lowest BCUT2D eigenvalue weighted by molar-refractivity contribution is 0.234. The molecule has 0 aliphatic carbocycles. The Bertz CT molecular complexity index is 367. The molecule has 2 rings (SSSR count). The number of hydrogen-bond acceptors (Lipinski definition) is 2. The number of benzene rings is 1. The van der Waals surface area contributed by atoms with Crippen LogP contribution in [-0.2, 0) is 0 Å². The van der Waals surface area contributed by atoms with E-state index < -0.39 is 0 Å². The highest BCUT2D eigenvalue weighted by atomic mass is 19.1. The third-order valence-corrected chi connectivity index (χ3v) is 3.68. The number of likely N-dealkylation sites (tertiary alicyclic amines) is 1. The van der Waals surface area contributed by atoms with E-state index in [-0.39, 0.29) is 11.9 Å². The van der Waals surface area contributed by atoms with Crippen LogP contribution in [0.1, 0.15) is 37.8 Å². The van der Waals surface area contributed by atoms with Crippen molar-refractivity contribution in [3.05, 3.63) is 35.6 Å². The zero-order valence-electron chi connectivity index (χ0n) is 10.4. The van der Waals surface area contributed by atoms with Gasteiger partial charge in [-0.15, -0.1) is 0 Å². The second kappa shape index (κ2) is 5.61. The third kappa shape index (κ3) is 3.05. The van der Waals surface area contributed by atoms with E-state index in [2.05, 4.69) is 11.8 Å². The van der Waals surface area contributed by atoms with Crippen LogP contribution >= 0.6 is 0 Å². The Morgan fingerprint density at radius 1 is 1.53 bits per heavy atom. The molecule has 1 fully saturated rings. The Morgan fingerprint density at radius 2 is 2.35 bits per heavy atom. The third-order valence-electron chi connectivity index (χ3n) is 3.68. The Balaban J connectivity index is 1.99. The van der Waals surface area contributed by atoms with Crippen molar-refractivity contribution >= 4 is 0 Å². The van der Waals surface area contributed by atoms with E-state index in [0.717, 1.165) is 18.7 Å². The number of hydrogen-bond donors (Lipinski definition) is 1. The molecule has 1 aromatic rings. The lowest BCUT2D eigenvalue weighted by Gasteiger charge is -2.26. The Labute approximate surface area is 103 Å². The summed E-state index contributed by atoms with van der Waals surface area (Å²) in [7, 11) is 0. The Kier molecular flexibility index (Phi) is 4.13. The molecule has 1 aromatic carbocycles. The van der Waals surface area contributed by atoms with Crippen LogP contribution < -0.4 is 5.73 Å². The summed E-state index contributed by atoms with van der Waals surface area (Å²) in [6.45, 7) is 4.18. The first-order valence-corrected chi connectivity index (χ1v) is 6.45. The van der Waals surface area contributed by atoms with Gasteiger partial charge in [0.25, 0.3) is 0 Å². The van der Waals surface area contributed by atoms with Gasteiger partial charge in [0, 0.05) is 18.6 Å². The van der Waals surface area contributed by atoms with Crippen LogP contribution in [0.3, 0.4) is 0 Å². The molecule has 2 nitrogen and oxygen atoms in total. The molecule has 0 amide bonds. The normalized spacial score (nSPS) is 22.9. The lowest BCUT2D eigenvalue weighted by atomic mass is 10.1. The van der Waals surface area contributed by atoms with Crippen LogP contribution in [0, 0.1) is 5.82 Å². The van der Waals surface area contributed by atoms with E-state index in [0.29, 0.717) is 6.04 Å². The molecule has 94 valence electrons. The standard InChI is InChI=1S/C14H21FN2/c1-2-13-7-4-8-17(13)10-14(16)11-5-3-6-12(15)9-11/h3,5-6,9,13-14H,2,4,7-8,10,16H2,1H3. The molecule has 2 atom stereocenters. The fourth-order valence-corrected chi connectivity index (χ4v) is 2.69. The van der Waals surface area contributed by atoms with Gasteiger partial charge in [-0.05, 0) is 43.5 Å². The first kappa shape index (κ1) is 12.5. The fourth-order valence-electron chi connectivity index (χ4n) is 2.69. The van der Waals surface area contributed by atoms with Crippen LogP contribution in [0.4, 0.5) is 4.39 Å². The van der Waals surface area contributed by atoms with Crippen molar-refractivity contribution in [2.45, 2.75) is 38.3 Å². The fraction of sp³-hybridized carbons (Fsp3) is 0.571. The minimum atomic E-state index is -0.202. The maximum absolute atomic E-state index is 13.1. The van der Waals surface area contributed by atoms with Gasteiger partial charge in [-0.2, -0.15) is 0 Å². The molecule has 3 heteroatoms. The van der Waals surface area contributed by atoms with Crippen molar-refractivity contribution in [2.75, 3.05) is 13.1 Å². The smallest absolute Gasteiger partial charge is 0.123 e.